The number of allylic oxidation sites excluding steroid dienone is 1. The predicted octanol–water partition coefficient (Wildman–Crippen LogP) is 3.95. The third-order valence-corrected chi connectivity index (χ3v) is 2.11. The van der Waals surface area contributed by atoms with Crippen LogP contribution in [0.3, 0.4) is 0 Å². The van der Waals surface area contributed by atoms with Crippen LogP contribution in [-0.2, 0) is 6.42 Å². The molecule has 1 aromatic rings. The average molecular weight is 252 g/mol. The summed E-state index contributed by atoms with van der Waals surface area (Å²) in [6.45, 7) is 0. The average Bonchev–Trinajstić information content (AvgIpc) is 2.24. The monoisotopic (exact) mass is 252 g/mol. The lowest BCUT2D eigenvalue weighted by molar-refractivity contribution is -0.0967. The van der Waals surface area contributed by atoms with E-state index in [1.807, 2.05) is 0 Å². The molecule has 1 rings (SSSR count). The van der Waals surface area contributed by atoms with Gasteiger partial charge < -0.3 is 4.74 Å². The lowest BCUT2D eigenvalue weighted by Gasteiger charge is -2.10. The first-order valence-corrected chi connectivity index (χ1v) is 4.59. The topological polar surface area (TPSA) is 9.23 Å². The van der Waals surface area contributed by atoms with Gasteiger partial charge in [0.25, 0.3) is 6.08 Å². The number of halogens is 5. The van der Waals surface area contributed by atoms with Crippen LogP contribution in [0.1, 0.15) is 5.56 Å². The van der Waals surface area contributed by atoms with Crippen molar-refractivity contribution in [3.63, 3.8) is 0 Å². The van der Waals surface area contributed by atoms with Crippen LogP contribution < -0.4 is 4.74 Å². The van der Waals surface area contributed by atoms with Gasteiger partial charge in [-0.15, -0.1) is 0 Å². The normalized spacial score (nSPS) is 11.2. The Kier molecular flexibility index (Phi) is 4.09. The Morgan fingerprint density at radius 3 is 2.00 bits per heavy atom. The largest absolute Gasteiger partial charge is 0.497 e. The van der Waals surface area contributed by atoms with Gasteiger partial charge in [0.2, 0.25) is 0 Å². The molecule has 0 atom stereocenters. The van der Waals surface area contributed by atoms with Gasteiger partial charge in [-0.25, -0.2) is 0 Å². The first-order chi connectivity index (χ1) is 7.84. The van der Waals surface area contributed by atoms with E-state index in [-0.39, 0.29) is 5.56 Å². The molecule has 17 heavy (non-hydrogen) atoms. The van der Waals surface area contributed by atoms with Crippen molar-refractivity contribution < 1.29 is 26.7 Å². The van der Waals surface area contributed by atoms with Crippen molar-refractivity contribution >= 4 is 0 Å². The molecule has 6 heteroatoms. The van der Waals surface area contributed by atoms with E-state index in [4.69, 9.17) is 4.74 Å². The van der Waals surface area contributed by atoms with Gasteiger partial charge in [0.15, 0.2) is 0 Å². The summed E-state index contributed by atoms with van der Waals surface area (Å²) >= 11 is 0. The van der Waals surface area contributed by atoms with E-state index < -0.39 is 24.3 Å². The number of hydrogen-bond acceptors (Lipinski definition) is 1. The fraction of sp³-hybridized carbons (Fsp3) is 0.273. The van der Waals surface area contributed by atoms with Crippen LogP contribution in [0.25, 0.3) is 0 Å². The Labute approximate surface area is 94.5 Å². The highest BCUT2D eigenvalue weighted by molar-refractivity contribution is 5.31. The molecule has 0 aromatic heterocycles. The zero-order valence-electron chi connectivity index (χ0n) is 8.81. The molecule has 0 N–H and O–H groups in total. The van der Waals surface area contributed by atoms with Crippen molar-refractivity contribution in [3.8, 4) is 5.75 Å². The number of ether oxygens (including phenoxy) is 1. The van der Waals surface area contributed by atoms with E-state index in [1.54, 1.807) is 0 Å². The molecule has 0 heterocycles. The fourth-order valence-corrected chi connectivity index (χ4v) is 1.22. The van der Waals surface area contributed by atoms with Crippen LogP contribution in [0.4, 0.5) is 22.0 Å². The van der Waals surface area contributed by atoms with E-state index in [2.05, 4.69) is 0 Å². The van der Waals surface area contributed by atoms with Gasteiger partial charge in [0, 0.05) is 6.42 Å². The Morgan fingerprint density at radius 2 is 1.65 bits per heavy atom. The quantitative estimate of drug-likeness (QED) is 0.740. The van der Waals surface area contributed by atoms with Crippen molar-refractivity contribution in [1.29, 1.82) is 0 Å². The van der Waals surface area contributed by atoms with Gasteiger partial charge in [-0.1, -0.05) is 12.1 Å². The number of alkyl halides is 3. The van der Waals surface area contributed by atoms with Crippen molar-refractivity contribution in [2.45, 2.75) is 12.6 Å². The minimum Gasteiger partial charge on any atom is -0.497 e. The van der Waals surface area contributed by atoms with Crippen molar-refractivity contribution in [3.05, 3.63) is 41.5 Å². The van der Waals surface area contributed by atoms with Crippen LogP contribution >= 0.6 is 0 Å². The minimum absolute atomic E-state index is 0.144. The number of rotatable bonds is 3. The minimum atomic E-state index is -5.02. The smallest absolute Gasteiger partial charge is 0.418 e. The third kappa shape index (κ3) is 3.72. The van der Waals surface area contributed by atoms with Crippen LogP contribution in [0.15, 0.2) is 35.9 Å². The van der Waals surface area contributed by atoms with Gasteiger partial charge in [-0.05, 0) is 17.7 Å². The van der Waals surface area contributed by atoms with Crippen LogP contribution in [-0.4, -0.2) is 13.3 Å². The van der Waals surface area contributed by atoms with Gasteiger partial charge >= 0.3 is 6.18 Å². The van der Waals surface area contributed by atoms with Gasteiger partial charge in [0.1, 0.15) is 11.3 Å². The molecule has 0 saturated carbocycles. The van der Waals surface area contributed by atoms with E-state index in [0.717, 1.165) is 0 Å². The summed E-state index contributed by atoms with van der Waals surface area (Å²) in [5.74, 6) is 0.451. The molecule has 0 amide bonds. The molecule has 0 radical (unpaired) electrons. The Balaban J connectivity index is 2.92. The second kappa shape index (κ2) is 5.16. The lowest BCUT2D eigenvalue weighted by atomic mass is 10.1. The standard InChI is InChI=1S/C11H9F5O/c1-17-8-4-2-7(3-5-8)6-9(10(12)13)11(14,15)16/h2-5H,6H2,1H3. The maximum absolute atomic E-state index is 12.2. The molecule has 0 fully saturated rings. The maximum Gasteiger partial charge on any atom is 0.418 e. The highest BCUT2D eigenvalue weighted by atomic mass is 19.4. The second-order valence-electron chi connectivity index (χ2n) is 3.26. The zero-order valence-corrected chi connectivity index (χ0v) is 8.81. The highest BCUT2D eigenvalue weighted by Gasteiger charge is 2.37. The molecule has 94 valence electrons. The molecule has 0 unspecified atom stereocenters. The van der Waals surface area contributed by atoms with E-state index in [9.17, 15) is 22.0 Å². The second-order valence-corrected chi connectivity index (χ2v) is 3.26. The van der Waals surface area contributed by atoms with E-state index in [0.29, 0.717) is 5.75 Å². The molecule has 0 saturated heterocycles. The fourth-order valence-electron chi connectivity index (χ4n) is 1.22. The summed E-state index contributed by atoms with van der Waals surface area (Å²) in [7, 11) is 1.40. The molecule has 1 nitrogen and oxygen atoms in total. The summed E-state index contributed by atoms with van der Waals surface area (Å²) < 4.78 is 65.8. The van der Waals surface area contributed by atoms with Crippen molar-refractivity contribution in [1.82, 2.24) is 0 Å². The van der Waals surface area contributed by atoms with Crippen LogP contribution in [0.2, 0.25) is 0 Å². The third-order valence-electron chi connectivity index (χ3n) is 2.11. The van der Waals surface area contributed by atoms with Crippen LogP contribution in [0.5, 0.6) is 5.75 Å². The Morgan fingerprint density at radius 1 is 1.12 bits per heavy atom. The Hall–Kier alpha value is -1.59. The maximum atomic E-state index is 12.2. The van der Waals surface area contributed by atoms with Crippen molar-refractivity contribution in [2.75, 3.05) is 7.11 Å². The molecule has 0 aliphatic carbocycles. The SMILES string of the molecule is COc1ccc(CC(=C(F)F)C(F)(F)F)cc1. The zero-order chi connectivity index (χ0) is 13.1. The number of methoxy groups -OCH3 is 1. The molecule has 0 bridgehead atoms. The van der Waals surface area contributed by atoms with E-state index in [1.165, 1.54) is 31.4 Å². The molecular formula is C11H9F5O. The van der Waals surface area contributed by atoms with Crippen LogP contribution in [0, 0.1) is 0 Å². The summed E-state index contributed by atoms with van der Waals surface area (Å²) in [4.78, 5) is 0. The predicted molar refractivity (Wildman–Crippen MR) is 52.0 cm³/mol. The summed E-state index contributed by atoms with van der Waals surface area (Å²) in [6, 6.07) is 5.46. The first-order valence-electron chi connectivity index (χ1n) is 4.59. The first kappa shape index (κ1) is 13.5. The molecule has 0 spiro atoms. The lowest BCUT2D eigenvalue weighted by Crippen LogP contribution is -2.15. The molecule has 0 aliphatic heterocycles. The number of hydrogen-bond donors (Lipinski definition) is 0. The highest BCUT2D eigenvalue weighted by Crippen LogP contribution is 2.32. The summed E-state index contributed by atoms with van der Waals surface area (Å²) in [5.41, 5.74) is -1.67. The van der Waals surface area contributed by atoms with Gasteiger partial charge in [-0.2, -0.15) is 22.0 Å². The molecule has 1 aromatic carbocycles. The van der Waals surface area contributed by atoms with Gasteiger partial charge in [0.05, 0.1) is 7.11 Å². The Bertz CT molecular complexity index is 401. The summed E-state index contributed by atoms with van der Waals surface area (Å²) in [6.07, 6.45) is -8.57. The van der Waals surface area contributed by atoms with E-state index >= 15 is 0 Å². The van der Waals surface area contributed by atoms with Gasteiger partial charge in [-0.3, -0.25) is 0 Å². The molecular weight excluding hydrogens is 243 g/mol. The number of benzene rings is 1. The summed E-state index contributed by atoms with van der Waals surface area (Å²) in [5, 5.41) is 0. The molecule has 0 aliphatic rings. The van der Waals surface area contributed by atoms with Crippen molar-refractivity contribution in [2.24, 2.45) is 0 Å².